The van der Waals surface area contributed by atoms with E-state index in [2.05, 4.69) is 10.4 Å². The van der Waals surface area contributed by atoms with Crippen LogP contribution in [0.25, 0.3) is 5.69 Å². The molecule has 4 rings (SSSR count). The monoisotopic (exact) mass is 333 g/mol. The van der Waals surface area contributed by atoms with Crippen LogP contribution < -0.4 is 5.32 Å². The lowest BCUT2D eigenvalue weighted by Gasteiger charge is -2.29. The van der Waals surface area contributed by atoms with Crippen LogP contribution in [0.15, 0.2) is 60.8 Å². The Morgan fingerprint density at radius 1 is 1.08 bits per heavy atom. The highest BCUT2D eigenvalue weighted by Crippen LogP contribution is 2.36. The molecule has 1 aromatic heterocycles. The van der Waals surface area contributed by atoms with Gasteiger partial charge in [0.15, 0.2) is 5.69 Å². The highest BCUT2D eigenvalue weighted by atomic mass is 16.4. The number of carboxylic acid groups (broad SMARTS) is 1. The maximum atomic E-state index is 12.6. The predicted octanol–water partition coefficient (Wildman–Crippen LogP) is 2.85. The number of nitrogens with one attached hydrogen (secondary N) is 1. The molecule has 1 unspecified atom stereocenters. The molecule has 1 atom stereocenters. The number of nitrogens with zero attached hydrogens (tertiary/aromatic N) is 2. The topological polar surface area (TPSA) is 84.2 Å². The van der Waals surface area contributed by atoms with Crippen molar-refractivity contribution in [1.82, 2.24) is 9.78 Å². The summed E-state index contributed by atoms with van der Waals surface area (Å²) >= 11 is 0. The molecule has 0 saturated heterocycles. The van der Waals surface area contributed by atoms with Gasteiger partial charge in [-0.15, -0.1) is 0 Å². The van der Waals surface area contributed by atoms with Crippen LogP contribution in [0.1, 0.15) is 27.5 Å². The fourth-order valence-corrected chi connectivity index (χ4v) is 3.06. The minimum Gasteiger partial charge on any atom is -0.476 e. The molecule has 124 valence electrons. The van der Waals surface area contributed by atoms with Crippen LogP contribution in [0.2, 0.25) is 0 Å². The van der Waals surface area contributed by atoms with E-state index in [0.29, 0.717) is 11.4 Å². The van der Waals surface area contributed by atoms with Crippen LogP contribution in [0.3, 0.4) is 0 Å². The van der Waals surface area contributed by atoms with Gasteiger partial charge in [-0.3, -0.25) is 4.79 Å². The Balaban J connectivity index is 1.59. The lowest BCUT2D eigenvalue weighted by Crippen LogP contribution is -2.30. The number of hydrogen-bond donors (Lipinski definition) is 2. The summed E-state index contributed by atoms with van der Waals surface area (Å²) < 4.78 is 1.45. The summed E-state index contributed by atoms with van der Waals surface area (Å²) in [6.45, 7) is 0. The Morgan fingerprint density at radius 2 is 1.84 bits per heavy atom. The van der Waals surface area contributed by atoms with Crippen LogP contribution in [0, 0.1) is 0 Å². The number of rotatable bonds is 4. The second-order valence-electron chi connectivity index (χ2n) is 5.91. The van der Waals surface area contributed by atoms with Crippen molar-refractivity contribution >= 4 is 17.6 Å². The summed E-state index contributed by atoms with van der Waals surface area (Å²) in [4.78, 5) is 23.6. The molecule has 1 aliphatic carbocycles. The van der Waals surface area contributed by atoms with E-state index < -0.39 is 5.97 Å². The van der Waals surface area contributed by atoms with E-state index in [-0.39, 0.29) is 17.5 Å². The Labute approximate surface area is 143 Å². The van der Waals surface area contributed by atoms with E-state index in [9.17, 15) is 9.59 Å². The van der Waals surface area contributed by atoms with Crippen LogP contribution in [0.4, 0.5) is 5.69 Å². The number of carbonyl (C=O) groups is 2. The van der Waals surface area contributed by atoms with Crippen LogP contribution in [-0.2, 0) is 11.2 Å². The molecule has 2 aromatic carbocycles. The van der Waals surface area contributed by atoms with Gasteiger partial charge in [-0.1, -0.05) is 36.4 Å². The van der Waals surface area contributed by atoms with Gasteiger partial charge >= 0.3 is 5.97 Å². The van der Waals surface area contributed by atoms with Crippen LogP contribution >= 0.6 is 0 Å². The summed E-state index contributed by atoms with van der Waals surface area (Å²) in [5.74, 6) is -1.32. The second kappa shape index (κ2) is 5.90. The average molecular weight is 333 g/mol. The third kappa shape index (κ3) is 2.67. The molecule has 1 amide bonds. The molecule has 2 N–H and O–H groups in total. The molecule has 0 radical (unpaired) electrons. The van der Waals surface area contributed by atoms with Crippen LogP contribution in [-0.4, -0.2) is 26.8 Å². The predicted molar refractivity (Wildman–Crippen MR) is 92.0 cm³/mol. The van der Waals surface area contributed by atoms with Gasteiger partial charge in [0.2, 0.25) is 5.91 Å². The maximum Gasteiger partial charge on any atom is 0.356 e. The highest BCUT2D eigenvalue weighted by Gasteiger charge is 2.32. The molecule has 3 aromatic rings. The zero-order chi connectivity index (χ0) is 17.4. The van der Waals surface area contributed by atoms with E-state index >= 15 is 0 Å². The Bertz CT molecular complexity index is 977. The van der Waals surface area contributed by atoms with E-state index in [1.807, 2.05) is 36.4 Å². The smallest absolute Gasteiger partial charge is 0.356 e. The van der Waals surface area contributed by atoms with Crippen molar-refractivity contribution < 1.29 is 14.7 Å². The third-order valence-corrected chi connectivity index (χ3v) is 4.39. The summed E-state index contributed by atoms with van der Waals surface area (Å²) in [5, 5.41) is 16.0. The molecule has 25 heavy (non-hydrogen) atoms. The summed E-state index contributed by atoms with van der Waals surface area (Å²) in [5.41, 5.74) is 3.43. The SMILES string of the molecule is O=C(O)c1ccn(-c2ccccc2NC(=O)C2Cc3ccccc32)n1. The number of anilines is 1. The van der Waals surface area contributed by atoms with Gasteiger partial charge in [0.1, 0.15) is 0 Å². The van der Waals surface area contributed by atoms with Crippen molar-refractivity contribution in [3.05, 3.63) is 77.6 Å². The normalized spacial score (nSPS) is 15.1. The largest absolute Gasteiger partial charge is 0.476 e. The molecule has 0 saturated carbocycles. The Morgan fingerprint density at radius 3 is 2.60 bits per heavy atom. The number of amides is 1. The van der Waals surface area contributed by atoms with Crippen molar-refractivity contribution in [3.63, 3.8) is 0 Å². The quantitative estimate of drug-likeness (QED) is 0.769. The third-order valence-electron chi connectivity index (χ3n) is 4.39. The number of hydrogen-bond acceptors (Lipinski definition) is 3. The van der Waals surface area contributed by atoms with Gasteiger partial charge in [-0.05, 0) is 35.7 Å². The molecular formula is C19H15N3O3. The zero-order valence-electron chi connectivity index (χ0n) is 13.2. The van der Waals surface area contributed by atoms with Gasteiger partial charge < -0.3 is 10.4 Å². The van der Waals surface area contributed by atoms with E-state index in [4.69, 9.17) is 5.11 Å². The first-order chi connectivity index (χ1) is 12.1. The van der Waals surface area contributed by atoms with Crippen LogP contribution in [0.5, 0.6) is 0 Å². The molecule has 0 aliphatic heterocycles. The van der Waals surface area contributed by atoms with Crippen molar-refractivity contribution in [2.75, 3.05) is 5.32 Å². The molecular weight excluding hydrogens is 318 g/mol. The molecule has 6 nitrogen and oxygen atoms in total. The van der Waals surface area contributed by atoms with E-state index in [1.165, 1.54) is 16.3 Å². The van der Waals surface area contributed by atoms with Gasteiger partial charge in [0.25, 0.3) is 0 Å². The minimum atomic E-state index is -1.09. The first-order valence-corrected chi connectivity index (χ1v) is 7.90. The van der Waals surface area contributed by atoms with Gasteiger partial charge in [0.05, 0.1) is 17.3 Å². The first kappa shape index (κ1) is 15.1. The Hall–Kier alpha value is -3.41. The molecule has 0 fully saturated rings. The lowest BCUT2D eigenvalue weighted by atomic mass is 9.77. The van der Waals surface area contributed by atoms with Gasteiger partial charge in [-0.2, -0.15) is 5.10 Å². The summed E-state index contributed by atoms with van der Waals surface area (Å²) in [6, 6.07) is 16.5. The second-order valence-corrected chi connectivity index (χ2v) is 5.91. The molecule has 6 heteroatoms. The Kier molecular flexibility index (Phi) is 3.57. The van der Waals surface area contributed by atoms with E-state index in [1.54, 1.807) is 18.3 Å². The maximum absolute atomic E-state index is 12.6. The number of fused-ring (bicyclic) bond motifs is 1. The molecule has 0 spiro atoms. The summed E-state index contributed by atoms with van der Waals surface area (Å²) in [7, 11) is 0. The van der Waals surface area contributed by atoms with Gasteiger partial charge in [-0.25, -0.2) is 9.48 Å². The number of benzene rings is 2. The van der Waals surface area contributed by atoms with Crippen molar-refractivity contribution in [3.8, 4) is 5.69 Å². The summed E-state index contributed by atoms with van der Waals surface area (Å²) in [6.07, 6.45) is 2.29. The fraction of sp³-hybridized carbons (Fsp3) is 0.105. The first-order valence-electron chi connectivity index (χ1n) is 7.90. The molecule has 1 heterocycles. The van der Waals surface area contributed by atoms with Crippen molar-refractivity contribution in [1.29, 1.82) is 0 Å². The minimum absolute atomic E-state index is 0.0472. The van der Waals surface area contributed by atoms with Gasteiger partial charge in [0, 0.05) is 6.20 Å². The lowest BCUT2D eigenvalue weighted by molar-refractivity contribution is -0.118. The molecule has 0 bridgehead atoms. The highest BCUT2D eigenvalue weighted by molar-refractivity contribution is 5.99. The van der Waals surface area contributed by atoms with Crippen molar-refractivity contribution in [2.45, 2.75) is 12.3 Å². The number of aromatic nitrogens is 2. The number of carbonyl (C=O) groups excluding carboxylic acids is 1. The number of aromatic carboxylic acids is 1. The zero-order valence-corrected chi connectivity index (χ0v) is 13.2. The van der Waals surface area contributed by atoms with E-state index in [0.717, 1.165) is 12.0 Å². The van der Waals surface area contributed by atoms with Crippen molar-refractivity contribution in [2.24, 2.45) is 0 Å². The standard InChI is InChI=1S/C19H15N3O3/c23-18(14-11-12-5-1-2-6-13(12)14)20-15-7-3-4-8-17(15)22-10-9-16(21-22)19(24)25/h1-10,14H,11H2,(H,20,23)(H,24,25). The average Bonchev–Trinajstić information content (AvgIpc) is 3.06. The number of carboxylic acids is 1. The fourth-order valence-electron chi connectivity index (χ4n) is 3.06. The molecule has 1 aliphatic rings. The number of para-hydroxylation sites is 2.